The lowest BCUT2D eigenvalue weighted by molar-refractivity contribution is -0.152. The summed E-state index contributed by atoms with van der Waals surface area (Å²) >= 11 is 3.50. The van der Waals surface area contributed by atoms with Crippen molar-refractivity contribution in [2.75, 3.05) is 19.7 Å². The predicted molar refractivity (Wildman–Crippen MR) is 95.1 cm³/mol. The number of carbonyl (C=O) groups excluding carboxylic acids is 2. The van der Waals surface area contributed by atoms with Gasteiger partial charge >= 0.3 is 5.97 Å². The van der Waals surface area contributed by atoms with E-state index in [1.54, 1.807) is 11.8 Å². The first-order valence-electron chi connectivity index (χ1n) is 8.10. The Bertz CT molecular complexity index is 618. The van der Waals surface area contributed by atoms with E-state index in [-0.39, 0.29) is 30.5 Å². The van der Waals surface area contributed by atoms with Gasteiger partial charge in [0, 0.05) is 10.0 Å². The van der Waals surface area contributed by atoms with Crippen molar-refractivity contribution in [2.24, 2.45) is 0 Å². The molecule has 6 heteroatoms. The average Bonchev–Trinajstić information content (AvgIpc) is 2.42. The van der Waals surface area contributed by atoms with Gasteiger partial charge in [0.15, 0.2) is 0 Å². The van der Waals surface area contributed by atoms with Gasteiger partial charge in [-0.25, -0.2) is 0 Å². The highest BCUT2D eigenvalue weighted by atomic mass is 79.9. The number of halogens is 1. The third kappa shape index (κ3) is 4.72. The molecule has 1 aromatic carbocycles. The number of nitrogens with zero attached hydrogens (tertiary/aromatic N) is 1. The van der Waals surface area contributed by atoms with Crippen molar-refractivity contribution in [3.05, 3.63) is 28.2 Å². The summed E-state index contributed by atoms with van der Waals surface area (Å²) in [6, 6.07) is 5.97. The van der Waals surface area contributed by atoms with Gasteiger partial charge in [-0.3, -0.25) is 9.59 Å². The standard InChI is InChI=1S/C18H24BrNO4/c1-5-23-17(22)9-16(21)20-10-13(11-20)24-15-7-6-12(19)8-14(15)18(2,3)4/h6-8,13H,5,9-11H2,1-4H3. The minimum Gasteiger partial charge on any atom is -0.486 e. The van der Waals surface area contributed by atoms with E-state index in [0.717, 1.165) is 15.8 Å². The third-order valence-electron chi connectivity index (χ3n) is 3.84. The molecular weight excluding hydrogens is 374 g/mol. The van der Waals surface area contributed by atoms with Gasteiger partial charge in [-0.05, 0) is 30.5 Å². The third-order valence-corrected chi connectivity index (χ3v) is 4.34. The number of hydrogen-bond donors (Lipinski definition) is 0. The second-order valence-corrected chi connectivity index (χ2v) is 7.83. The fourth-order valence-corrected chi connectivity index (χ4v) is 2.90. The van der Waals surface area contributed by atoms with E-state index in [4.69, 9.17) is 9.47 Å². The molecule has 1 aliphatic rings. The summed E-state index contributed by atoms with van der Waals surface area (Å²) in [6.07, 6.45) is -0.245. The molecule has 2 rings (SSSR count). The van der Waals surface area contributed by atoms with E-state index in [2.05, 4.69) is 42.8 Å². The summed E-state index contributed by atoms with van der Waals surface area (Å²) in [7, 11) is 0. The van der Waals surface area contributed by atoms with Crippen LogP contribution in [0.15, 0.2) is 22.7 Å². The fourth-order valence-electron chi connectivity index (χ4n) is 2.53. The largest absolute Gasteiger partial charge is 0.486 e. The Morgan fingerprint density at radius 3 is 2.54 bits per heavy atom. The number of esters is 1. The molecule has 0 spiro atoms. The number of benzene rings is 1. The summed E-state index contributed by atoms with van der Waals surface area (Å²) in [6.45, 7) is 9.42. The van der Waals surface area contributed by atoms with Crippen molar-refractivity contribution >= 4 is 27.8 Å². The molecule has 0 aliphatic carbocycles. The fraction of sp³-hybridized carbons (Fsp3) is 0.556. The normalized spacial score (nSPS) is 15.0. The zero-order valence-electron chi connectivity index (χ0n) is 14.6. The van der Waals surface area contributed by atoms with E-state index in [1.165, 1.54) is 0 Å². The lowest BCUT2D eigenvalue weighted by Gasteiger charge is -2.39. The Balaban J connectivity index is 1.92. The molecule has 132 valence electrons. The summed E-state index contributed by atoms with van der Waals surface area (Å²) in [4.78, 5) is 24.9. The van der Waals surface area contributed by atoms with Gasteiger partial charge in [0.25, 0.3) is 0 Å². The second kappa shape index (κ2) is 7.55. The number of hydrogen-bond acceptors (Lipinski definition) is 4. The lowest BCUT2D eigenvalue weighted by Crippen LogP contribution is -2.56. The van der Waals surface area contributed by atoms with Gasteiger partial charge in [-0.1, -0.05) is 36.7 Å². The smallest absolute Gasteiger partial charge is 0.315 e. The topological polar surface area (TPSA) is 55.8 Å². The van der Waals surface area contributed by atoms with Crippen LogP contribution in [0.1, 0.15) is 39.7 Å². The molecule has 5 nitrogen and oxygen atoms in total. The molecule has 0 bridgehead atoms. The molecular formula is C18H24BrNO4. The molecule has 1 saturated heterocycles. The maximum atomic E-state index is 11.9. The SMILES string of the molecule is CCOC(=O)CC(=O)N1CC(Oc2ccc(Br)cc2C(C)(C)C)C1. The average molecular weight is 398 g/mol. The molecule has 1 amide bonds. The van der Waals surface area contributed by atoms with Gasteiger partial charge in [0.05, 0.1) is 19.7 Å². The Morgan fingerprint density at radius 2 is 1.96 bits per heavy atom. The first-order chi connectivity index (χ1) is 11.2. The Morgan fingerprint density at radius 1 is 1.29 bits per heavy atom. The molecule has 1 aliphatic heterocycles. The number of ether oxygens (including phenoxy) is 2. The Kier molecular flexibility index (Phi) is 5.91. The highest BCUT2D eigenvalue weighted by Crippen LogP contribution is 2.35. The Hall–Kier alpha value is -1.56. The van der Waals surface area contributed by atoms with Crippen LogP contribution in [0.25, 0.3) is 0 Å². The summed E-state index contributed by atoms with van der Waals surface area (Å²) < 4.78 is 11.9. The van der Waals surface area contributed by atoms with Crippen LogP contribution in [0.5, 0.6) is 5.75 Å². The quantitative estimate of drug-likeness (QED) is 0.564. The molecule has 1 aromatic rings. The van der Waals surface area contributed by atoms with Crippen molar-refractivity contribution in [2.45, 2.75) is 45.6 Å². The maximum Gasteiger partial charge on any atom is 0.315 e. The van der Waals surface area contributed by atoms with E-state index in [0.29, 0.717) is 13.1 Å². The first kappa shape index (κ1) is 18.8. The highest BCUT2D eigenvalue weighted by molar-refractivity contribution is 9.10. The van der Waals surface area contributed by atoms with Gasteiger partial charge < -0.3 is 14.4 Å². The monoisotopic (exact) mass is 397 g/mol. The van der Waals surface area contributed by atoms with Crippen LogP contribution in [-0.4, -0.2) is 42.6 Å². The van der Waals surface area contributed by atoms with Gasteiger partial charge in [-0.2, -0.15) is 0 Å². The summed E-state index contributed by atoms with van der Waals surface area (Å²) in [5.74, 6) is 0.156. The first-order valence-corrected chi connectivity index (χ1v) is 8.90. The van der Waals surface area contributed by atoms with Crippen molar-refractivity contribution in [1.82, 2.24) is 4.90 Å². The van der Waals surface area contributed by atoms with Crippen LogP contribution in [0.3, 0.4) is 0 Å². The molecule has 0 unspecified atom stereocenters. The molecule has 0 aromatic heterocycles. The number of amides is 1. The van der Waals surface area contributed by atoms with Crippen LogP contribution in [-0.2, 0) is 19.7 Å². The second-order valence-electron chi connectivity index (χ2n) is 6.91. The van der Waals surface area contributed by atoms with Gasteiger partial charge in [0.2, 0.25) is 5.91 Å². The van der Waals surface area contributed by atoms with Crippen molar-refractivity contribution in [1.29, 1.82) is 0 Å². The van der Waals surface area contributed by atoms with Crippen molar-refractivity contribution < 1.29 is 19.1 Å². The molecule has 24 heavy (non-hydrogen) atoms. The minimum absolute atomic E-state index is 0.0394. The molecule has 1 heterocycles. The predicted octanol–water partition coefficient (Wildman–Crippen LogP) is 3.29. The van der Waals surface area contributed by atoms with E-state index in [9.17, 15) is 9.59 Å². The van der Waals surface area contributed by atoms with E-state index in [1.807, 2.05) is 12.1 Å². The minimum atomic E-state index is -0.477. The zero-order valence-corrected chi connectivity index (χ0v) is 16.2. The van der Waals surface area contributed by atoms with Crippen LogP contribution in [0.4, 0.5) is 0 Å². The van der Waals surface area contributed by atoms with Gasteiger partial charge in [-0.15, -0.1) is 0 Å². The number of likely N-dealkylation sites (tertiary alicyclic amines) is 1. The zero-order chi connectivity index (χ0) is 17.9. The molecule has 0 saturated carbocycles. The molecule has 0 N–H and O–H groups in total. The molecule has 0 radical (unpaired) electrons. The molecule has 0 atom stereocenters. The van der Waals surface area contributed by atoms with Crippen LogP contribution >= 0.6 is 15.9 Å². The van der Waals surface area contributed by atoms with Crippen LogP contribution in [0.2, 0.25) is 0 Å². The van der Waals surface area contributed by atoms with Crippen LogP contribution in [0, 0.1) is 0 Å². The summed E-state index contributed by atoms with van der Waals surface area (Å²) in [5.41, 5.74) is 1.08. The van der Waals surface area contributed by atoms with Crippen LogP contribution < -0.4 is 4.74 Å². The number of carbonyl (C=O) groups is 2. The van der Waals surface area contributed by atoms with E-state index < -0.39 is 5.97 Å². The highest BCUT2D eigenvalue weighted by Gasteiger charge is 2.34. The summed E-state index contributed by atoms with van der Waals surface area (Å²) in [5, 5.41) is 0. The van der Waals surface area contributed by atoms with E-state index >= 15 is 0 Å². The number of rotatable bonds is 5. The van der Waals surface area contributed by atoms with Crippen molar-refractivity contribution in [3.63, 3.8) is 0 Å². The molecule has 1 fully saturated rings. The maximum absolute atomic E-state index is 11.9. The Labute approximate surface area is 151 Å². The lowest BCUT2D eigenvalue weighted by atomic mass is 9.86. The van der Waals surface area contributed by atoms with Gasteiger partial charge in [0.1, 0.15) is 18.3 Å². The van der Waals surface area contributed by atoms with Crippen molar-refractivity contribution in [3.8, 4) is 5.75 Å².